The van der Waals surface area contributed by atoms with Gasteiger partial charge in [-0.1, -0.05) is 11.8 Å². The molecule has 0 radical (unpaired) electrons. The fourth-order valence-corrected chi connectivity index (χ4v) is 3.41. The van der Waals surface area contributed by atoms with Gasteiger partial charge in [0.25, 0.3) is 0 Å². The average molecular weight is 297 g/mol. The first-order valence-corrected chi connectivity index (χ1v) is 7.58. The van der Waals surface area contributed by atoms with E-state index < -0.39 is 5.97 Å². The number of rotatable bonds is 5. The lowest BCUT2D eigenvalue weighted by molar-refractivity contribution is -0.133. The van der Waals surface area contributed by atoms with Crippen LogP contribution in [0.25, 0.3) is 0 Å². The van der Waals surface area contributed by atoms with Gasteiger partial charge in [-0.05, 0) is 32.4 Å². The summed E-state index contributed by atoms with van der Waals surface area (Å²) in [6.07, 6.45) is 0. The van der Waals surface area contributed by atoms with Crippen LogP contribution in [0.5, 0.6) is 0 Å². The van der Waals surface area contributed by atoms with Crippen molar-refractivity contribution in [2.24, 2.45) is 0 Å². The number of aryl methyl sites for hydroxylation is 3. The smallest absolute Gasteiger partial charge is 0.313 e. The number of hydrogen-bond donors (Lipinski definition) is 1. The summed E-state index contributed by atoms with van der Waals surface area (Å²) in [5, 5.41) is 17.4. The molecule has 0 fully saturated rings. The Morgan fingerprint density at radius 2 is 2.16 bits per heavy atom. The van der Waals surface area contributed by atoms with E-state index in [9.17, 15) is 4.79 Å². The van der Waals surface area contributed by atoms with Gasteiger partial charge in [-0.3, -0.25) is 4.79 Å². The molecule has 2 heterocycles. The Hall–Kier alpha value is -1.34. The second-order valence-corrected chi connectivity index (χ2v) is 6.53. The van der Waals surface area contributed by atoms with Crippen LogP contribution in [0.3, 0.4) is 0 Å². The fraction of sp³-hybridized carbons (Fsp3) is 0.417. The molecule has 1 N–H and O–H groups in total. The zero-order chi connectivity index (χ0) is 14.0. The van der Waals surface area contributed by atoms with Crippen LogP contribution >= 0.6 is 23.1 Å². The summed E-state index contributed by atoms with van der Waals surface area (Å²) in [5.74, 6) is -0.0442. The summed E-state index contributed by atoms with van der Waals surface area (Å²) in [6, 6.07) is 2.16. The number of carboxylic acids is 1. The molecular weight excluding hydrogens is 282 g/mol. The van der Waals surface area contributed by atoms with Gasteiger partial charge in [0.15, 0.2) is 5.16 Å². The number of aliphatic carboxylic acids is 1. The molecule has 0 amide bonds. The van der Waals surface area contributed by atoms with Crippen LogP contribution in [0, 0.1) is 20.8 Å². The Balaban J connectivity index is 2.19. The lowest BCUT2D eigenvalue weighted by Crippen LogP contribution is -2.05. The minimum atomic E-state index is -0.847. The van der Waals surface area contributed by atoms with E-state index in [-0.39, 0.29) is 5.75 Å². The van der Waals surface area contributed by atoms with E-state index in [2.05, 4.69) is 30.1 Å². The van der Waals surface area contributed by atoms with E-state index in [4.69, 9.17) is 5.11 Å². The maximum absolute atomic E-state index is 10.6. The number of aromatic nitrogens is 3. The Labute approximate surface area is 119 Å². The molecule has 102 valence electrons. The molecule has 2 aromatic rings. The van der Waals surface area contributed by atoms with Crippen molar-refractivity contribution in [2.45, 2.75) is 32.5 Å². The molecule has 0 saturated carbocycles. The highest BCUT2D eigenvalue weighted by atomic mass is 32.2. The van der Waals surface area contributed by atoms with Crippen molar-refractivity contribution >= 4 is 29.1 Å². The zero-order valence-electron chi connectivity index (χ0n) is 11.0. The molecule has 0 bridgehead atoms. The molecule has 0 aromatic carbocycles. The molecule has 0 unspecified atom stereocenters. The van der Waals surface area contributed by atoms with Gasteiger partial charge in [0.1, 0.15) is 5.82 Å². The lowest BCUT2D eigenvalue weighted by atomic mass is 10.3. The molecule has 0 spiro atoms. The molecule has 0 atom stereocenters. The van der Waals surface area contributed by atoms with Crippen LogP contribution in [0.1, 0.15) is 21.1 Å². The number of carbonyl (C=O) groups is 1. The second-order valence-electron chi connectivity index (χ2n) is 4.25. The summed E-state index contributed by atoms with van der Waals surface area (Å²) in [7, 11) is 0. The molecule has 0 saturated heterocycles. The van der Waals surface area contributed by atoms with Gasteiger partial charge in [0.05, 0.1) is 12.3 Å². The van der Waals surface area contributed by atoms with Crippen LogP contribution in [0.2, 0.25) is 0 Å². The number of nitrogens with zero attached hydrogens (tertiary/aromatic N) is 3. The lowest BCUT2D eigenvalue weighted by Gasteiger charge is -2.05. The maximum atomic E-state index is 10.6. The summed E-state index contributed by atoms with van der Waals surface area (Å²) >= 11 is 2.95. The molecular formula is C12H15N3O2S2. The SMILES string of the molecule is Cc1cc(Cn2c(C)nnc2SCC(=O)O)sc1C. The Morgan fingerprint density at radius 1 is 1.42 bits per heavy atom. The van der Waals surface area contributed by atoms with Gasteiger partial charge in [-0.2, -0.15) is 0 Å². The number of thioether (sulfide) groups is 1. The van der Waals surface area contributed by atoms with Crippen molar-refractivity contribution in [3.8, 4) is 0 Å². The van der Waals surface area contributed by atoms with E-state index in [1.165, 1.54) is 27.1 Å². The van der Waals surface area contributed by atoms with Crippen molar-refractivity contribution in [3.05, 3.63) is 27.2 Å². The predicted molar refractivity (Wildman–Crippen MR) is 76.0 cm³/mol. The van der Waals surface area contributed by atoms with E-state index in [1.54, 1.807) is 11.3 Å². The molecule has 0 aliphatic heterocycles. The topological polar surface area (TPSA) is 68.0 Å². The van der Waals surface area contributed by atoms with Gasteiger partial charge in [0, 0.05) is 9.75 Å². The summed E-state index contributed by atoms with van der Waals surface area (Å²) in [5.41, 5.74) is 1.28. The summed E-state index contributed by atoms with van der Waals surface area (Å²) in [6.45, 7) is 6.77. The monoisotopic (exact) mass is 297 g/mol. The summed E-state index contributed by atoms with van der Waals surface area (Å²) in [4.78, 5) is 13.2. The predicted octanol–water partition coefficient (Wildman–Crippen LogP) is 2.49. The van der Waals surface area contributed by atoms with Crippen LogP contribution in [-0.4, -0.2) is 31.6 Å². The van der Waals surface area contributed by atoms with E-state index in [0.717, 1.165) is 5.82 Å². The van der Waals surface area contributed by atoms with Crippen molar-refractivity contribution in [2.75, 3.05) is 5.75 Å². The highest BCUT2D eigenvalue weighted by Gasteiger charge is 2.13. The van der Waals surface area contributed by atoms with Crippen molar-refractivity contribution in [3.63, 3.8) is 0 Å². The molecule has 2 rings (SSSR count). The maximum Gasteiger partial charge on any atom is 0.313 e. The third kappa shape index (κ3) is 3.36. The first-order chi connectivity index (χ1) is 8.97. The molecule has 0 aliphatic carbocycles. The number of thiophene rings is 1. The minimum Gasteiger partial charge on any atom is -0.481 e. The summed E-state index contributed by atoms with van der Waals surface area (Å²) < 4.78 is 1.96. The third-order valence-corrected chi connectivity index (χ3v) is 4.85. The molecule has 0 aliphatic rings. The molecule has 19 heavy (non-hydrogen) atoms. The van der Waals surface area contributed by atoms with Crippen LogP contribution in [-0.2, 0) is 11.3 Å². The second kappa shape index (κ2) is 5.75. The van der Waals surface area contributed by atoms with Crippen LogP contribution in [0.4, 0.5) is 0 Å². The van der Waals surface area contributed by atoms with Crippen molar-refractivity contribution in [1.29, 1.82) is 0 Å². The van der Waals surface area contributed by atoms with E-state index in [0.29, 0.717) is 11.7 Å². The highest BCUT2D eigenvalue weighted by molar-refractivity contribution is 7.99. The molecule has 7 heteroatoms. The average Bonchev–Trinajstić information content (AvgIpc) is 2.83. The van der Waals surface area contributed by atoms with Gasteiger partial charge in [-0.15, -0.1) is 21.5 Å². The zero-order valence-corrected chi connectivity index (χ0v) is 12.6. The minimum absolute atomic E-state index is 0.000624. The first-order valence-electron chi connectivity index (χ1n) is 5.77. The van der Waals surface area contributed by atoms with Crippen molar-refractivity contribution < 1.29 is 9.90 Å². The third-order valence-electron chi connectivity index (χ3n) is 2.76. The van der Waals surface area contributed by atoms with Gasteiger partial charge < -0.3 is 9.67 Å². The number of hydrogen-bond acceptors (Lipinski definition) is 5. The van der Waals surface area contributed by atoms with E-state index in [1.807, 2.05) is 11.5 Å². The quantitative estimate of drug-likeness (QED) is 0.859. The first kappa shape index (κ1) is 14.1. The highest BCUT2D eigenvalue weighted by Crippen LogP contribution is 2.24. The molecule has 2 aromatic heterocycles. The molecule has 5 nitrogen and oxygen atoms in total. The largest absolute Gasteiger partial charge is 0.481 e. The van der Waals surface area contributed by atoms with Crippen LogP contribution in [0.15, 0.2) is 11.2 Å². The normalized spacial score (nSPS) is 10.9. The Kier molecular flexibility index (Phi) is 4.26. The standard InChI is InChI=1S/C12H15N3O2S2/c1-7-4-10(19-8(7)2)5-15-9(3)13-14-12(15)18-6-11(16)17/h4H,5-6H2,1-3H3,(H,16,17). The van der Waals surface area contributed by atoms with E-state index >= 15 is 0 Å². The number of carboxylic acid groups (broad SMARTS) is 1. The van der Waals surface area contributed by atoms with Gasteiger partial charge >= 0.3 is 5.97 Å². The van der Waals surface area contributed by atoms with Gasteiger partial charge in [-0.25, -0.2) is 0 Å². The van der Waals surface area contributed by atoms with Gasteiger partial charge in [0.2, 0.25) is 0 Å². The van der Waals surface area contributed by atoms with Crippen LogP contribution < -0.4 is 0 Å². The Morgan fingerprint density at radius 3 is 2.74 bits per heavy atom. The Bertz CT molecular complexity index is 585. The fourth-order valence-electron chi connectivity index (χ4n) is 1.66. The van der Waals surface area contributed by atoms with Crippen molar-refractivity contribution in [1.82, 2.24) is 14.8 Å².